The normalized spacial score (nSPS) is 15.1. The van der Waals surface area contributed by atoms with Crippen molar-refractivity contribution in [2.45, 2.75) is 94.2 Å². The molecular weight excluding hydrogens is 534 g/mol. The van der Waals surface area contributed by atoms with Crippen molar-refractivity contribution in [2.75, 3.05) is 13.2 Å². The van der Waals surface area contributed by atoms with Gasteiger partial charge in [0, 0.05) is 11.8 Å². The first-order chi connectivity index (χ1) is 18.5. The molecular formula is C30H47NO10. The van der Waals surface area contributed by atoms with Gasteiger partial charge in [-0.15, -0.1) is 0 Å². The van der Waals surface area contributed by atoms with Gasteiger partial charge in [-0.05, 0) is 56.2 Å². The summed E-state index contributed by atoms with van der Waals surface area (Å²) in [5.41, 5.74) is 5.04. The van der Waals surface area contributed by atoms with Crippen molar-refractivity contribution in [3.63, 3.8) is 0 Å². The van der Waals surface area contributed by atoms with E-state index in [1.54, 1.807) is 34.6 Å². The first-order valence-electron chi connectivity index (χ1n) is 13.5. The van der Waals surface area contributed by atoms with Crippen molar-refractivity contribution in [2.24, 2.45) is 27.9 Å². The van der Waals surface area contributed by atoms with Crippen molar-refractivity contribution in [1.29, 1.82) is 0 Å². The van der Waals surface area contributed by atoms with E-state index in [2.05, 4.69) is 0 Å². The molecule has 0 spiro atoms. The predicted molar refractivity (Wildman–Crippen MR) is 152 cm³/mol. The smallest absolute Gasteiger partial charge is 0.480 e. The van der Waals surface area contributed by atoms with Gasteiger partial charge >= 0.3 is 24.2 Å². The molecule has 0 saturated carbocycles. The van der Waals surface area contributed by atoms with Crippen LogP contribution in [0.3, 0.4) is 0 Å². The average Bonchev–Trinajstić information content (AvgIpc) is 2.81. The van der Waals surface area contributed by atoms with Crippen LogP contribution >= 0.6 is 0 Å². The molecule has 1 rings (SSSR count). The van der Waals surface area contributed by atoms with Crippen LogP contribution in [0.2, 0.25) is 0 Å². The maximum absolute atomic E-state index is 12.5. The summed E-state index contributed by atoms with van der Waals surface area (Å²) in [7, 11) is 0. The van der Waals surface area contributed by atoms with Gasteiger partial charge < -0.3 is 34.5 Å². The second kappa shape index (κ2) is 14.0. The molecule has 232 valence electrons. The van der Waals surface area contributed by atoms with Crippen molar-refractivity contribution in [3.05, 3.63) is 23.8 Å². The average molecular weight is 582 g/mol. The number of carbonyl (C=O) groups excluding carboxylic acids is 3. The Morgan fingerprint density at radius 1 is 0.805 bits per heavy atom. The van der Waals surface area contributed by atoms with E-state index in [1.165, 1.54) is 18.2 Å². The van der Waals surface area contributed by atoms with Crippen LogP contribution in [0.1, 0.15) is 87.6 Å². The summed E-state index contributed by atoms with van der Waals surface area (Å²) in [5.74, 6) is -3.58. The molecule has 4 atom stereocenters. The number of nitrogens with two attached hydrogens (primary N) is 1. The summed E-state index contributed by atoms with van der Waals surface area (Å²) in [6, 6.07) is 2.79. The number of ether oxygens (including phenoxy) is 5. The molecule has 3 N–H and O–H groups in total. The van der Waals surface area contributed by atoms with Crippen LogP contribution < -0.4 is 15.2 Å². The van der Waals surface area contributed by atoms with Crippen LogP contribution in [-0.2, 0) is 23.8 Å². The van der Waals surface area contributed by atoms with E-state index in [4.69, 9.17) is 29.4 Å². The van der Waals surface area contributed by atoms with Crippen LogP contribution in [0.5, 0.6) is 11.5 Å². The number of rotatable bonds is 10. The van der Waals surface area contributed by atoms with E-state index >= 15 is 0 Å². The van der Waals surface area contributed by atoms with Crippen LogP contribution in [0.25, 0.3) is 0 Å². The Kier molecular flexibility index (Phi) is 12.2. The summed E-state index contributed by atoms with van der Waals surface area (Å²) >= 11 is 0. The van der Waals surface area contributed by atoms with Crippen molar-refractivity contribution in [3.8, 4) is 11.5 Å². The minimum absolute atomic E-state index is 0.0511. The quantitative estimate of drug-likeness (QED) is 0.192. The minimum Gasteiger partial charge on any atom is -0.480 e. The fourth-order valence-electron chi connectivity index (χ4n) is 3.42. The lowest BCUT2D eigenvalue weighted by molar-refractivity contribution is -0.160. The predicted octanol–water partition coefficient (Wildman–Crippen LogP) is 5.92. The Morgan fingerprint density at radius 2 is 1.27 bits per heavy atom. The highest BCUT2D eigenvalue weighted by Crippen LogP contribution is 2.38. The van der Waals surface area contributed by atoms with Crippen molar-refractivity contribution >= 4 is 24.2 Å². The summed E-state index contributed by atoms with van der Waals surface area (Å²) in [4.78, 5) is 49.4. The molecule has 11 heteroatoms. The first-order valence-corrected chi connectivity index (χ1v) is 13.5. The Bertz CT molecular complexity index is 1080. The van der Waals surface area contributed by atoms with E-state index in [1.807, 2.05) is 41.5 Å². The number of hydrogen-bond donors (Lipinski definition) is 2. The number of carboxylic acids is 1. The molecule has 0 heterocycles. The number of esters is 1. The molecule has 1 aromatic rings. The Labute approximate surface area is 243 Å². The van der Waals surface area contributed by atoms with Crippen LogP contribution in [0.15, 0.2) is 18.2 Å². The van der Waals surface area contributed by atoms with Gasteiger partial charge in [-0.3, -0.25) is 9.59 Å². The van der Waals surface area contributed by atoms with E-state index in [9.17, 15) is 24.3 Å². The monoisotopic (exact) mass is 581 g/mol. The molecule has 0 aliphatic rings. The third-order valence-electron chi connectivity index (χ3n) is 5.87. The molecule has 0 radical (unpaired) electrons. The Morgan fingerprint density at radius 3 is 1.68 bits per heavy atom. The summed E-state index contributed by atoms with van der Waals surface area (Å²) in [6.07, 6.45) is -2.79. The van der Waals surface area contributed by atoms with Gasteiger partial charge in [-0.25, -0.2) is 9.59 Å². The van der Waals surface area contributed by atoms with E-state index < -0.39 is 53.6 Å². The third-order valence-corrected chi connectivity index (χ3v) is 5.87. The molecule has 3 unspecified atom stereocenters. The highest BCUT2D eigenvalue weighted by atomic mass is 16.7. The molecule has 0 saturated heterocycles. The number of hydrogen-bond acceptors (Lipinski definition) is 10. The molecule has 1 aromatic carbocycles. The number of aliphatic carboxylic acids is 1. The van der Waals surface area contributed by atoms with Gasteiger partial charge in [0.05, 0.1) is 18.6 Å². The molecule has 0 fully saturated rings. The highest BCUT2D eigenvalue weighted by molar-refractivity contribution is 5.76. The summed E-state index contributed by atoms with van der Waals surface area (Å²) < 4.78 is 26.7. The topological polar surface area (TPSA) is 161 Å². The lowest BCUT2D eigenvalue weighted by atomic mass is 9.79. The SMILES string of the molecule is CC(OC(=O)C(C)(C)C)C(C)C(c1ccc(OC(=O)OCC(C)(C)C)c(OC(=O)OCC(C)(C)C)c1)[C@H](N)C(=O)O. The Balaban J connectivity index is 3.48. The second-order valence-corrected chi connectivity index (χ2v) is 13.7. The van der Waals surface area contributed by atoms with Crippen LogP contribution in [0, 0.1) is 22.2 Å². The van der Waals surface area contributed by atoms with Crippen molar-refractivity contribution < 1.29 is 48.0 Å². The fourth-order valence-corrected chi connectivity index (χ4v) is 3.42. The highest BCUT2D eigenvalue weighted by Gasteiger charge is 2.37. The third kappa shape index (κ3) is 12.4. The summed E-state index contributed by atoms with van der Waals surface area (Å²) in [5, 5.41) is 9.79. The van der Waals surface area contributed by atoms with Gasteiger partial charge in [0.1, 0.15) is 12.1 Å². The molecule has 0 aliphatic carbocycles. The molecule has 0 aliphatic heterocycles. The largest absolute Gasteiger partial charge is 0.513 e. The minimum atomic E-state index is -1.41. The molecule has 0 bridgehead atoms. The Hall–Kier alpha value is -3.34. The van der Waals surface area contributed by atoms with Gasteiger partial charge in [0.15, 0.2) is 11.5 Å². The standard InChI is InChI=1S/C30H47NO10/c1-17(18(2)39-25(34)30(9,10)11)22(23(31)24(32)33)19-12-13-20(40-26(35)37-15-28(3,4)5)21(14-19)41-27(36)38-16-29(6,7)8/h12-14,17-18,22-23H,15-16,31H2,1-11H3,(H,32,33)/t17?,18?,22?,23-/m0/s1. The van der Waals surface area contributed by atoms with Gasteiger partial charge in [-0.1, -0.05) is 54.5 Å². The lowest BCUT2D eigenvalue weighted by Crippen LogP contribution is -2.43. The van der Waals surface area contributed by atoms with Gasteiger partial charge in [0.2, 0.25) is 0 Å². The zero-order valence-corrected chi connectivity index (χ0v) is 26.2. The number of carboxylic acid groups (broad SMARTS) is 1. The maximum atomic E-state index is 12.5. The van der Waals surface area contributed by atoms with Crippen molar-refractivity contribution in [1.82, 2.24) is 0 Å². The number of benzene rings is 1. The number of carbonyl (C=O) groups is 4. The lowest BCUT2D eigenvalue weighted by Gasteiger charge is -2.33. The zero-order chi connectivity index (χ0) is 31.9. The fraction of sp³-hybridized carbons (Fsp3) is 0.667. The maximum Gasteiger partial charge on any atom is 0.513 e. The molecule has 0 aromatic heterocycles. The molecule has 41 heavy (non-hydrogen) atoms. The molecule has 11 nitrogen and oxygen atoms in total. The van der Waals surface area contributed by atoms with E-state index in [-0.39, 0.29) is 35.5 Å². The van der Waals surface area contributed by atoms with Crippen LogP contribution in [-0.4, -0.2) is 54.7 Å². The van der Waals surface area contributed by atoms with Crippen LogP contribution in [0.4, 0.5) is 9.59 Å². The van der Waals surface area contributed by atoms with Gasteiger partial charge in [-0.2, -0.15) is 0 Å². The van der Waals surface area contributed by atoms with E-state index in [0.29, 0.717) is 5.56 Å². The molecule has 0 amide bonds. The summed E-state index contributed by atoms with van der Waals surface area (Å²) in [6.45, 7) is 19.9. The zero-order valence-electron chi connectivity index (χ0n) is 26.2. The second-order valence-electron chi connectivity index (χ2n) is 13.7. The first kappa shape index (κ1) is 35.7. The van der Waals surface area contributed by atoms with E-state index in [0.717, 1.165) is 0 Å². The van der Waals surface area contributed by atoms with Gasteiger partial charge in [0.25, 0.3) is 0 Å².